The van der Waals surface area contributed by atoms with Gasteiger partial charge in [-0.05, 0) is 44.2 Å². The molecule has 2 aromatic heterocycles. The SMILES string of the molecule is CCOc1cc(-c2ccc[nH]2)[nH]c1C=C1C=CC(C)=N1.Cl. The summed E-state index contributed by atoms with van der Waals surface area (Å²) < 4.78 is 5.69. The average molecular weight is 304 g/mol. The Bertz CT molecular complexity index is 693. The molecule has 3 rings (SSSR count). The van der Waals surface area contributed by atoms with Crippen LogP contribution >= 0.6 is 12.4 Å². The quantitative estimate of drug-likeness (QED) is 0.873. The molecular weight excluding hydrogens is 286 g/mol. The van der Waals surface area contributed by atoms with Crippen LogP contribution in [0.4, 0.5) is 0 Å². The van der Waals surface area contributed by atoms with Crippen LogP contribution < -0.4 is 4.74 Å². The van der Waals surface area contributed by atoms with E-state index in [4.69, 9.17) is 4.74 Å². The van der Waals surface area contributed by atoms with Crippen LogP contribution in [0.25, 0.3) is 17.5 Å². The smallest absolute Gasteiger partial charge is 0.144 e. The maximum Gasteiger partial charge on any atom is 0.144 e. The lowest BCUT2D eigenvalue weighted by atomic mass is 10.3. The molecule has 0 amide bonds. The van der Waals surface area contributed by atoms with Crippen molar-refractivity contribution in [1.29, 1.82) is 0 Å². The van der Waals surface area contributed by atoms with Gasteiger partial charge in [0, 0.05) is 18.0 Å². The van der Waals surface area contributed by atoms with Crippen LogP contribution in [0, 0.1) is 0 Å². The van der Waals surface area contributed by atoms with Crippen molar-refractivity contribution in [3.05, 3.63) is 47.9 Å². The summed E-state index contributed by atoms with van der Waals surface area (Å²) in [6.45, 7) is 4.60. The van der Waals surface area contributed by atoms with Crippen molar-refractivity contribution in [2.45, 2.75) is 13.8 Å². The van der Waals surface area contributed by atoms with E-state index < -0.39 is 0 Å². The van der Waals surface area contributed by atoms with Gasteiger partial charge in [-0.3, -0.25) is 4.99 Å². The monoisotopic (exact) mass is 303 g/mol. The number of nitrogens with zero attached hydrogens (tertiary/aromatic N) is 1. The summed E-state index contributed by atoms with van der Waals surface area (Å²) in [5.41, 5.74) is 4.94. The van der Waals surface area contributed by atoms with Gasteiger partial charge in [-0.15, -0.1) is 12.4 Å². The summed E-state index contributed by atoms with van der Waals surface area (Å²) >= 11 is 0. The van der Waals surface area contributed by atoms with E-state index in [1.165, 1.54) is 0 Å². The summed E-state index contributed by atoms with van der Waals surface area (Å²) in [5.74, 6) is 0.845. The number of aliphatic imine (C=N–C) groups is 1. The third-order valence-corrected chi connectivity index (χ3v) is 3.09. The number of halogens is 1. The second-order valence-corrected chi connectivity index (χ2v) is 4.63. The molecule has 0 unspecified atom stereocenters. The van der Waals surface area contributed by atoms with Gasteiger partial charge >= 0.3 is 0 Å². The molecule has 0 aliphatic carbocycles. The van der Waals surface area contributed by atoms with Gasteiger partial charge < -0.3 is 14.7 Å². The Kier molecular flexibility index (Phi) is 4.70. The number of rotatable bonds is 4. The molecule has 1 aliphatic rings. The number of aromatic amines is 2. The van der Waals surface area contributed by atoms with Gasteiger partial charge in [0.25, 0.3) is 0 Å². The summed E-state index contributed by atoms with van der Waals surface area (Å²) in [7, 11) is 0. The van der Waals surface area contributed by atoms with Gasteiger partial charge in [0.1, 0.15) is 5.75 Å². The van der Waals surface area contributed by atoms with Crippen LogP contribution in [0.3, 0.4) is 0 Å². The summed E-state index contributed by atoms with van der Waals surface area (Å²) in [6, 6.07) is 6.01. The molecule has 3 heterocycles. The first-order valence-corrected chi connectivity index (χ1v) is 6.71. The molecule has 0 saturated heterocycles. The summed E-state index contributed by atoms with van der Waals surface area (Å²) in [6.07, 6.45) is 7.91. The molecule has 110 valence electrons. The predicted molar refractivity (Wildman–Crippen MR) is 89.2 cm³/mol. The number of hydrogen-bond donors (Lipinski definition) is 2. The van der Waals surface area contributed by atoms with E-state index in [-0.39, 0.29) is 12.4 Å². The maximum absolute atomic E-state index is 5.69. The van der Waals surface area contributed by atoms with Crippen molar-refractivity contribution < 1.29 is 4.74 Å². The molecule has 2 aromatic rings. The second-order valence-electron chi connectivity index (χ2n) is 4.63. The molecule has 2 N–H and O–H groups in total. The minimum absolute atomic E-state index is 0. The predicted octanol–water partition coefficient (Wildman–Crippen LogP) is 4.20. The first-order valence-electron chi connectivity index (χ1n) is 6.71. The van der Waals surface area contributed by atoms with E-state index in [0.717, 1.165) is 34.2 Å². The Balaban J connectivity index is 0.00000161. The fourth-order valence-electron chi connectivity index (χ4n) is 2.19. The van der Waals surface area contributed by atoms with Crippen molar-refractivity contribution in [3.63, 3.8) is 0 Å². The molecule has 21 heavy (non-hydrogen) atoms. The van der Waals surface area contributed by atoms with Crippen LogP contribution in [-0.2, 0) is 0 Å². The van der Waals surface area contributed by atoms with E-state index in [0.29, 0.717) is 6.61 Å². The highest BCUT2D eigenvalue weighted by Gasteiger charge is 2.11. The zero-order valence-electron chi connectivity index (χ0n) is 12.0. The van der Waals surface area contributed by atoms with Crippen LogP contribution in [0.5, 0.6) is 5.75 Å². The van der Waals surface area contributed by atoms with Gasteiger partial charge in [-0.25, -0.2) is 0 Å². The van der Waals surface area contributed by atoms with Gasteiger partial charge in [0.2, 0.25) is 0 Å². The van der Waals surface area contributed by atoms with Crippen LogP contribution in [0.2, 0.25) is 0 Å². The Morgan fingerprint density at radius 2 is 2.14 bits per heavy atom. The lowest BCUT2D eigenvalue weighted by Gasteiger charge is -2.00. The lowest BCUT2D eigenvalue weighted by Crippen LogP contribution is -1.91. The molecule has 1 aliphatic heterocycles. The Morgan fingerprint density at radius 1 is 1.29 bits per heavy atom. The molecule has 0 fully saturated rings. The average Bonchev–Trinajstić information content (AvgIpc) is 3.12. The fraction of sp³-hybridized carbons (Fsp3) is 0.188. The highest BCUT2D eigenvalue weighted by molar-refractivity contribution is 5.97. The van der Waals surface area contributed by atoms with E-state index in [9.17, 15) is 0 Å². The number of hydrogen-bond acceptors (Lipinski definition) is 2. The highest BCUT2D eigenvalue weighted by atomic mass is 35.5. The lowest BCUT2D eigenvalue weighted by molar-refractivity contribution is 0.340. The molecule has 0 aromatic carbocycles. The maximum atomic E-state index is 5.69. The van der Waals surface area contributed by atoms with Crippen molar-refractivity contribution >= 4 is 24.2 Å². The van der Waals surface area contributed by atoms with Crippen molar-refractivity contribution in [2.24, 2.45) is 4.99 Å². The number of aromatic nitrogens is 2. The fourth-order valence-corrected chi connectivity index (χ4v) is 2.19. The minimum Gasteiger partial charge on any atom is -0.492 e. The molecule has 0 atom stereocenters. The van der Waals surface area contributed by atoms with Gasteiger partial charge in [0.05, 0.1) is 29.4 Å². The van der Waals surface area contributed by atoms with Crippen molar-refractivity contribution in [1.82, 2.24) is 9.97 Å². The zero-order valence-corrected chi connectivity index (χ0v) is 12.8. The Morgan fingerprint density at radius 3 is 2.76 bits per heavy atom. The Labute approximate surface area is 130 Å². The summed E-state index contributed by atoms with van der Waals surface area (Å²) in [5, 5.41) is 0. The second kappa shape index (κ2) is 6.50. The van der Waals surface area contributed by atoms with E-state index >= 15 is 0 Å². The summed E-state index contributed by atoms with van der Waals surface area (Å²) in [4.78, 5) is 11.0. The van der Waals surface area contributed by atoms with E-state index in [1.54, 1.807) is 0 Å². The molecule has 0 radical (unpaired) electrons. The molecule has 0 spiro atoms. The normalized spacial score (nSPS) is 15.1. The third kappa shape index (κ3) is 3.28. The van der Waals surface area contributed by atoms with Crippen molar-refractivity contribution in [3.8, 4) is 17.1 Å². The number of ether oxygens (including phenoxy) is 1. The highest BCUT2D eigenvalue weighted by Crippen LogP contribution is 2.29. The number of H-pyrrole nitrogens is 2. The topological polar surface area (TPSA) is 53.2 Å². The first kappa shape index (κ1) is 15.2. The Hall–Kier alpha value is -2.20. The van der Waals surface area contributed by atoms with Crippen molar-refractivity contribution in [2.75, 3.05) is 6.61 Å². The molecular formula is C16H18ClN3O. The van der Waals surface area contributed by atoms with Crippen LogP contribution in [-0.4, -0.2) is 22.3 Å². The standard InChI is InChI=1S/C16H17N3O.ClH/c1-3-20-16-10-14(13-5-4-8-17-13)19-15(16)9-12-7-6-11(2)18-12;/h4-10,17,19H,3H2,1-2H3;1H. The minimum atomic E-state index is 0. The van der Waals surface area contributed by atoms with Crippen LogP contribution in [0.1, 0.15) is 19.5 Å². The largest absolute Gasteiger partial charge is 0.492 e. The first-order chi connectivity index (χ1) is 9.76. The molecule has 4 nitrogen and oxygen atoms in total. The van der Waals surface area contributed by atoms with Gasteiger partial charge in [0.15, 0.2) is 0 Å². The zero-order chi connectivity index (χ0) is 13.9. The molecule has 0 saturated carbocycles. The number of nitrogens with one attached hydrogen (secondary N) is 2. The van der Waals surface area contributed by atoms with E-state index in [2.05, 4.69) is 15.0 Å². The van der Waals surface area contributed by atoms with Crippen LogP contribution in [0.15, 0.2) is 47.2 Å². The van der Waals surface area contributed by atoms with Gasteiger partial charge in [-0.1, -0.05) is 0 Å². The van der Waals surface area contributed by atoms with Gasteiger partial charge in [-0.2, -0.15) is 0 Å². The van der Waals surface area contributed by atoms with E-state index in [1.807, 2.05) is 56.5 Å². The number of allylic oxidation sites excluding steroid dienone is 2. The third-order valence-electron chi connectivity index (χ3n) is 3.09. The molecule has 5 heteroatoms. The molecule has 0 bridgehead atoms.